The number of halogens is 2. The second-order valence-corrected chi connectivity index (χ2v) is 4.92. The third-order valence-electron chi connectivity index (χ3n) is 3.21. The first-order chi connectivity index (χ1) is 9.69. The summed E-state index contributed by atoms with van der Waals surface area (Å²) in [6.45, 7) is 0.489. The molecule has 0 aliphatic heterocycles. The Morgan fingerprint density at radius 3 is 2.85 bits per heavy atom. The van der Waals surface area contributed by atoms with Crippen LogP contribution in [0.25, 0.3) is 11.0 Å². The second-order valence-electron chi connectivity index (χ2n) is 4.54. The Hall–Kier alpha value is -1.95. The molecule has 0 radical (unpaired) electrons. The van der Waals surface area contributed by atoms with Crippen molar-refractivity contribution >= 4 is 22.6 Å². The Morgan fingerprint density at radius 1 is 1.30 bits per heavy atom. The molecule has 0 aliphatic carbocycles. The molecule has 2 aromatic heterocycles. The van der Waals surface area contributed by atoms with Gasteiger partial charge in [-0.2, -0.15) is 0 Å². The lowest BCUT2D eigenvalue weighted by atomic mass is 10.3. The van der Waals surface area contributed by atoms with Crippen molar-refractivity contribution < 1.29 is 4.39 Å². The Balaban J connectivity index is 2.12. The zero-order chi connectivity index (χ0) is 14.1. The standard InChI is InChI=1S/C13H13ClFN5/c1-19-8-16-18-13(19)7-20-11-6-9(15)2-3-10(11)17-12(20)4-5-14/h2-3,6,8H,4-5,7H2,1H3. The molecule has 0 atom stereocenters. The highest BCUT2D eigenvalue weighted by molar-refractivity contribution is 6.17. The van der Waals surface area contributed by atoms with Gasteiger partial charge >= 0.3 is 0 Å². The van der Waals surface area contributed by atoms with E-state index < -0.39 is 0 Å². The highest BCUT2D eigenvalue weighted by Crippen LogP contribution is 2.19. The van der Waals surface area contributed by atoms with Gasteiger partial charge < -0.3 is 9.13 Å². The van der Waals surface area contributed by atoms with Gasteiger partial charge in [0.1, 0.15) is 18.0 Å². The van der Waals surface area contributed by atoms with Crippen LogP contribution >= 0.6 is 11.6 Å². The summed E-state index contributed by atoms with van der Waals surface area (Å²) in [6.07, 6.45) is 2.26. The number of alkyl halides is 1. The molecule has 0 saturated heterocycles. The van der Waals surface area contributed by atoms with Crippen LogP contribution < -0.4 is 0 Å². The van der Waals surface area contributed by atoms with E-state index in [1.807, 2.05) is 16.2 Å². The predicted octanol–water partition coefficient (Wildman–Crippen LogP) is 2.13. The van der Waals surface area contributed by atoms with E-state index in [1.54, 1.807) is 12.4 Å². The van der Waals surface area contributed by atoms with E-state index in [0.29, 0.717) is 18.8 Å². The van der Waals surface area contributed by atoms with E-state index in [1.165, 1.54) is 12.1 Å². The molecular weight excluding hydrogens is 281 g/mol. The summed E-state index contributed by atoms with van der Waals surface area (Å²) in [5, 5.41) is 7.91. The van der Waals surface area contributed by atoms with Crippen molar-refractivity contribution in [1.29, 1.82) is 0 Å². The lowest BCUT2D eigenvalue weighted by Crippen LogP contribution is -2.10. The van der Waals surface area contributed by atoms with Crippen molar-refractivity contribution in [3.63, 3.8) is 0 Å². The Kier molecular flexibility index (Phi) is 3.40. The summed E-state index contributed by atoms with van der Waals surface area (Å²) >= 11 is 5.82. The molecule has 0 saturated carbocycles. The molecule has 1 aromatic carbocycles. The van der Waals surface area contributed by atoms with Crippen LogP contribution in [-0.2, 0) is 20.0 Å². The number of imidazole rings is 1. The fraction of sp³-hybridized carbons (Fsp3) is 0.308. The number of aryl methyl sites for hydroxylation is 2. The Morgan fingerprint density at radius 2 is 2.15 bits per heavy atom. The van der Waals surface area contributed by atoms with Gasteiger partial charge in [0.15, 0.2) is 5.82 Å². The predicted molar refractivity (Wildman–Crippen MR) is 74.2 cm³/mol. The Labute approximate surface area is 120 Å². The minimum atomic E-state index is -0.283. The van der Waals surface area contributed by atoms with Gasteiger partial charge in [0, 0.05) is 19.3 Å². The SMILES string of the molecule is Cn1cnnc1Cn1c(CCCl)nc2ccc(F)cc21. The fourth-order valence-electron chi connectivity index (χ4n) is 2.19. The normalized spacial score (nSPS) is 11.3. The first-order valence-electron chi connectivity index (χ1n) is 6.22. The van der Waals surface area contributed by atoms with Crippen LogP contribution in [0.2, 0.25) is 0 Å². The molecule has 3 aromatic rings. The van der Waals surface area contributed by atoms with Crippen LogP contribution in [-0.4, -0.2) is 30.2 Å². The largest absolute Gasteiger partial charge is 0.320 e. The summed E-state index contributed by atoms with van der Waals surface area (Å²) in [7, 11) is 1.87. The van der Waals surface area contributed by atoms with Crippen molar-refractivity contribution in [2.75, 3.05) is 5.88 Å². The zero-order valence-electron chi connectivity index (χ0n) is 10.9. The molecule has 0 bridgehead atoms. The maximum Gasteiger partial charge on any atom is 0.152 e. The molecule has 0 unspecified atom stereocenters. The highest BCUT2D eigenvalue weighted by Gasteiger charge is 2.13. The lowest BCUT2D eigenvalue weighted by Gasteiger charge is -2.07. The van der Waals surface area contributed by atoms with Crippen LogP contribution in [0.1, 0.15) is 11.6 Å². The van der Waals surface area contributed by atoms with Crippen LogP contribution in [0, 0.1) is 5.82 Å². The molecule has 104 valence electrons. The topological polar surface area (TPSA) is 48.5 Å². The average molecular weight is 294 g/mol. The minimum absolute atomic E-state index is 0.283. The quantitative estimate of drug-likeness (QED) is 0.693. The van der Waals surface area contributed by atoms with E-state index in [-0.39, 0.29) is 5.82 Å². The third kappa shape index (κ3) is 2.27. The number of aromatic nitrogens is 5. The maximum absolute atomic E-state index is 13.5. The summed E-state index contributed by atoms with van der Waals surface area (Å²) in [5.41, 5.74) is 1.50. The van der Waals surface area contributed by atoms with E-state index >= 15 is 0 Å². The van der Waals surface area contributed by atoms with Gasteiger partial charge in [0.2, 0.25) is 0 Å². The van der Waals surface area contributed by atoms with E-state index in [9.17, 15) is 4.39 Å². The molecule has 3 rings (SSSR count). The van der Waals surface area contributed by atoms with Gasteiger partial charge in [-0.1, -0.05) is 0 Å². The fourth-order valence-corrected chi connectivity index (χ4v) is 2.36. The first kappa shape index (κ1) is 13.1. The molecule has 0 spiro atoms. The molecular formula is C13H13ClFN5. The summed E-state index contributed by atoms with van der Waals surface area (Å²) in [6, 6.07) is 4.57. The smallest absolute Gasteiger partial charge is 0.152 e. The van der Waals surface area contributed by atoms with Crippen molar-refractivity contribution in [2.45, 2.75) is 13.0 Å². The molecule has 5 nitrogen and oxygen atoms in total. The second kappa shape index (κ2) is 5.20. The van der Waals surface area contributed by atoms with Gasteiger partial charge in [-0.3, -0.25) is 0 Å². The van der Waals surface area contributed by atoms with Gasteiger partial charge in [-0.05, 0) is 18.2 Å². The zero-order valence-corrected chi connectivity index (χ0v) is 11.7. The van der Waals surface area contributed by atoms with Crippen molar-refractivity contribution in [3.05, 3.63) is 42.0 Å². The minimum Gasteiger partial charge on any atom is -0.320 e. The van der Waals surface area contributed by atoms with Crippen molar-refractivity contribution in [2.24, 2.45) is 7.05 Å². The van der Waals surface area contributed by atoms with Crippen molar-refractivity contribution in [1.82, 2.24) is 24.3 Å². The molecule has 2 heterocycles. The average Bonchev–Trinajstić information content (AvgIpc) is 2.96. The summed E-state index contributed by atoms with van der Waals surface area (Å²) in [4.78, 5) is 4.51. The number of benzene rings is 1. The molecule has 7 heteroatoms. The number of fused-ring (bicyclic) bond motifs is 1. The van der Waals surface area contributed by atoms with E-state index in [2.05, 4.69) is 15.2 Å². The van der Waals surface area contributed by atoms with Crippen molar-refractivity contribution in [3.8, 4) is 0 Å². The van der Waals surface area contributed by atoms with Crippen LogP contribution in [0.4, 0.5) is 4.39 Å². The molecule has 0 fully saturated rings. The lowest BCUT2D eigenvalue weighted by molar-refractivity contribution is 0.627. The molecule has 0 N–H and O–H groups in total. The van der Waals surface area contributed by atoms with E-state index in [4.69, 9.17) is 11.6 Å². The first-order valence-corrected chi connectivity index (χ1v) is 6.76. The Bertz CT molecular complexity index is 748. The summed E-state index contributed by atoms with van der Waals surface area (Å²) < 4.78 is 17.2. The van der Waals surface area contributed by atoms with Crippen LogP contribution in [0.5, 0.6) is 0 Å². The van der Waals surface area contributed by atoms with Crippen LogP contribution in [0.3, 0.4) is 0 Å². The van der Waals surface area contributed by atoms with Crippen LogP contribution in [0.15, 0.2) is 24.5 Å². The number of nitrogens with zero attached hydrogens (tertiary/aromatic N) is 5. The van der Waals surface area contributed by atoms with Gasteiger partial charge in [-0.15, -0.1) is 21.8 Å². The highest BCUT2D eigenvalue weighted by atomic mass is 35.5. The number of rotatable bonds is 4. The monoisotopic (exact) mass is 293 g/mol. The molecule has 0 aliphatic rings. The summed E-state index contributed by atoms with van der Waals surface area (Å²) in [5.74, 6) is 1.78. The molecule has 20 heavy (non-hydrogen) atoms. The van der Waals surface area contributed by atoms with Gasteiger partial charge in [0.25, 0.3) is 0 Å². The molecule has 0 amide bonds. The number of hydrogen-bond donors (Lipinski definition) is 0. The third-order valence-corrected chi connectivity index (χ3v) is 3.40. The maximum atomic E-state index is 13.5. The van der Waals surface area contributed by atoms with E-state index in [0.717, 1.165) is 22.7 Å². The number of hydrogen-bond acceptors (Lipinski definition) is 3. The van der Waals surface area contributed by atoms with Gasteiger partial charge in [0.05, 0.1) is 17.6 Å². The van der Waals surface area contributed by atoms with Gasteiger partial charge in [-0.25, -0.2) is 9.37 Å².